The number of aromatic nitrogens is 4. The Morgan fingerprint density at radius 3 is 2.59 bits per heavy atom. The second kappa shape index (κ2) is 6.83. The Morgan fingerprint density at radius 1 is 1.19 bits per heavy atom. The van der Waals surface area contributed by atoms with E-state index in [9.17, 15) is 4.79 Å². The van der Waals surface area contributed by atoms with E-state index in [-0.39, 0.29) is 11.9 Å². The van der Waals surface area contributed by atoms with Crippen LogP contribution in [0.25, 0.3) is 0 Å². The third kappa shape index (κ3) is 2.95. The van der Waals surface area contributed by atoms with Gasteiger partial charge in [0.2, 0.25) is 0 Å². The fraction of sp³-hybridized carbons (Fsp3) is 0.300. The summed E-state index contributed by atoms with van der Waals surface area (Å²) in [5.41, 5.74) is 4.09. The smallest absolute Gasteiger partial charge is 0.277 e. The quantitative estimate of drug-likeness (QED) is 0.753. The lowest BCUT2D eigenvalue weighted by atomic mass is 9.96. The number of benzene rings is 1. The maximum atomic E-state index is 13.2. The number of nitrogens with zero attached hydrogens (tertiary/aromatic N) is 4. The number of methoxy groups -OCH3 is 1. The minimum absolute atomic E-state index is 0.0977. The molecule has 3 heterocycles. The molecule has 3 aromatic rings. The number of aromatic amines is 1. The van der Waals surface area contributed by atoms with Crippen molar-refractivity contribution in [1.29, 1.82) is 0 Å². The van der Waals surface area contributed by atoms with Gasteiger partial charge in [0.15, 0.2) is 0 Å². The van der Waals surface area contributed by atoms with Crippen LogP contribution in [0, 0.1) is 5.92 Å². The summed E-state index contributed by atoms with van der Waals surface area (Å²) in [6.07, 6.45) is 4.15. The lowest BCUT2D eigenvalue weighted by Crippen LogP contribution is -2.29. The van der Waals surface area contributed by atoms with E-state index in [2.05, 4.69) is 34.2 Å². The van der Waals surface area contributed by atoms with Crippen LogP contribution < -0.4 is 9.64 Å². The lowest BCUT2D eigenvalue weighted by molar-refractivity contribution is 0.0988. The van der Waals surface area contributed by atoms with Gasteiger partial charge in [0, 0.05) is 23.0 Å². The fourth-order valence-electron chi connectivity index (χ4n) is 3.54. The molecule has 7 nitrogen and oxygen atoms in total. The Labute approximate surface area is 157 Å². The molecular weight excluding hydrogens is 342 g/mol. The van der Waals surface area contributed by atoms with E-state index in [1.54, 1.807) is 24.4 Å². The van der Waals surface area contributed by atoms with Gasteiger partial charge in [-0.3, -0.25) is 14.8 Å². The normalized spacial score (nSPS) is 16.1. The van der Waals surface area contributed by atoms with Crippen LogP contribution in [0.15, 0.2) is 42.7 Å². The van der Waals surface area contributed by atoms with Gasteiger partial charge in [0.25, 0.3) is 5.91 Å². The van der Waals surface area contributed by atoms with Crippen LogP contribution in [0.5, 0.6) is 5.75 Å². The Kier molecular flexibility index (Phi) is 4.35. The van der Waals surface area contributed by atoms with Crippen molar-refractivity contribution in [2.75, 3.05) is 12.0 Å². The molecule has 1 atom stereocenters. The third-order valence-corrected chi connectivity index (χ3v) is 4.72. The highest BCUT2D eigenvalue weighted by Crippen LogP contribution is 2.42. The van der Waals surface area contributed by atoms with Crippen molar-refractivity contribution < 1.29 is 9.53 Å². The summed E-state index contributed by atoms with van der Waals surface area (Å²) < 4.78 is 5.24. The van der Waals surface area contributed by atoms with E-state index in [1.807, 2.05) is 30.3 Å². The molecule has 1 amide bonds. The fourth-order valence-corrected chi connectivity index (χ4v) is 3.54. The molecule has 27 heavy (non-hydrogen) atoms. The molecule has 1 aliphatic heterocycles. The Morgan fingerprint density at radius 2 is 1.96 bits per heavy atom. The third-order valence-electron chi connectivity index (χ3n) is 4.72. The molecule has 7 heteroatoms. The van der Waals surface area contributed by atoms with E-state index >= 15 is 0 Å². The standard InChI is InChI=1S/C20H21N5O2/c1-12(2)10-16-17-18(24-23-16)20(26)25(14-4-6-15(27-3)7-5-14)19(17)13-8-9-21-22-11-13/h4-9,11-12,19H,10H2,1-3H3,(H,23,24). The second-order valence-corrected chi connectivity index (χ2v) is 7.01. The van der Waals surface area contributed by atoms with Crippen molar-refractivity contribution in [3.8, 4) is 5.75 Å². The summed E-state index contributed by atoms with van der Waals surface area (Å²) in [7, 11) is 1.62. The van der Waals surface area contributed by atoms with Gasteiger partial charge in [0.1, 0.15) is 11.4 Å². The second-order valence-electron chi connectivity index (χ2n) is 7.01. The molecule has 0 spiro atoms. The van der Waals surface area contributed by atoms with Crippen LogP contribution in [0.2, 0.25) is 0 Å². The number of rotatable bonds is 5. The van der Waals surface area contributed by atoms with E-state index in [1.165, 1.54) is 0 Å². The first-order valence-electron chi connectivity index (χ1n) is 8.91. The molecule has 1 N–H and O–H groups in total. The number of carbonyl (C=O) groups excluding carboxylic acids is 1. The summed E-state index contributed by atoms with van der Waals surface area (Å²) in [6, 6.07) is 9.08. The van der Waals surface area contributed by atoms with Crippen LogP contribution >= 0.6 is 0 Å². The largest absolute Gasteiger partial charge is 0.497 e. The van der Waals surface area contributed by atoms with Crippen LogP contribution in [-0.4, -0.2) is 33.4 Å². The van der Waals surface area contributed by atoms with Gasteiger partial charge >= 0.3 is 0 Å². The SMILES string of the molecule is COc1ccc(N2C(=O)c3[nH]nc(CC(C)C)c3C2c2ccnnc2)cc1. The number of ether oxygens (including phenoxy) is 1. The van der Waals surface area contributed by atoms with Crippen molar-refractivity contribution >= 4 is 11.6 Å². The number of H-pyrrole nitrogens is 1. The average molecular weight is 363 g/mol. The lowest BCUT2D eigenvalue weighted by Gasteiger charge is -2.26. The summed E-state index contributed by atoms with van der Waals surface area (Å²) in [5.74, 6) is 1.08. The molecule has 0 radical (unpaired) electrons. The molecule has 138 valence electrons. The topological polar surface area (TPSA) is 84.0 Å². The summed E-state index contributed by atoms with van der Waals surface area (Å²) in [5, 5.41) is 15.3. The van der Waals surface area contributed by atoms with E-state index < -0.39 is 0 Å². The highest BCUT2D eigenvalue weighted by molar-refractivity contribution is 6.10. The zero-order chi connectivity index (χ0) is 19.0. The Bertz CT molecular complexity index is 950. The van der Waals surface area contributed by atoms with Crippen molar-refractivity contribution in [3.05, 3.63) is 65.2 Å². The number of anilines is 1. The van der Waals surface area contributed by atoms with Crippen molar-refractivity contribution in [1.82, 2.24) is 20.4 Å². The van der Waals surface area contributed by atoms with E-state index in [4.69, 9.17) is 4.74 Å². The van der Waals surface area contributed by atoms with Gasteiger partial charge in [-0.05, 0) is 42.7 Å². The highest BCUT2D eigenvalue weighted by Gasteiger charge is 2.42. The molecule has 0 saturated heterocycles. The molecule has 4 rings (SSSR count). The number of fused-ring (bicyclic) bond motifs is 1. The molecule has 0 fully saturated rings. The van der Waals surface area contributed by atoms with E-state index in [0.717, 1.165) is 34.7 Å². The van der Waals surface area contributed by atoms with Gasteiger partial charge in [0.05, 0.1) is 25.0 Å². The molecule has 1 aromatic carbocycles. The number of amides is 1. The van der Waals surface area contributed by atoms with Gasteiger partial charge in [-0.25, -0.2) is 0 Å². The zero-order valence-electron chi connectivity index (χ0n) is 15.5. The number of hydrogen-bond donors (Lipinski definition) is 1. The van der Waals surface area contributed by atoms with Crippen molar-refractivity contribution in [2.24, 2.45) is 5.92 Å². The number of hydrogen-bond acceptors (Lipinski definition) is 5. The predicted octanol–water partition coefficient (Wildman–Crippen LogP) is 3.16. The first kappa shape index (κ1) is 17.2. The van der Waals surface area contributed by atoms with Gasteiger partial charge in [-0.15, -0.1) is 0 Å². The van der Waals surface area contributed by atoms with Gasteiger partial charge in [-0.2, -0.15) is 15.3 Å². The summed E-state index contributed by atoms with van der Waals surface area (Å²) in [4.78, 5) is 15.0. The molecule has 2 aromatic heterocycles. The van der Waals surface area contributed by atoms with Gasteiger partial charge < -0.3 is 4.74 Å². The molecule has 0 aliphatic carbocycles. The van der Waals surface area contributed by atoms with E-state index in [0.29, 0.717) is 11.6 Å². The summed E-state index contributed by atoms with van der Waals surface area (Å²) >= 11 is 0. The molecule has 1 unspecified atom stereocenters. The minimum Gasteiger partial charge on any atom is -0.497 e. The van der Waals surface area contributed by atoms with Crippen molar-refractivity contribution in [2.45, 2.75) is 26.3 Å². The maximum Gasteiger partial charge on any atom is 0.277 e. The van der Waals surface area contributed by atoms with Gasteiger partial charge in [-0.1, -0.05) is 13.8 Å². The number of nitrogens with one attached hydrogen (secondary N) is 1. The molecule has 0 bridgehead atoms. The van der Waals surface area contributed by atoms with Crippen molar-refractivity contribution in [3.63, 3.8) is 0 Å². The molecular formula is C20H21N5O2. The minimum atomic E-state index is -0.288. The first-order valence-corrected chi connectivity index (χ1v) is 8.91. The highest BCUT2D eigenvalue weighted by atomic mass is 16.5. The average Bonchev–Trinajstić information content (AvgIpc) is 3.21. The monoisotopic (exact) mass is 363 g/mol. The van der Waals surface area contributed by atoms with Crippen LogP contribution in [0.4, 0.5) is 5.69 Å². The summed E-state index contributed by atoms with van der Waals surface area (Å²) in [6.45, 7) is 4.28. The maximum absolute atomic E-state index is 13.2. The Hall–Kier alpha value is -3.22. The van der Waals surface area contributed by atoms with Crippen LogP contribution in [0.3, 0.4) is 0 Å². The number of carbonyl (C=O) groups is 1. The van der Waals surface area contributed by atoms with Crippen LogP contribution in [0.1, 0.15) is 47.2 Å². The first-order chi connectivity index (χ1) is 13.1. The molecule has 0 saturated carbocycles. The predicted molar refractivity (Wildman–Crippen MR) is 101 cm³/mol. The zero-order valence-corrected chi connectivity index (χ0v) is 15.5. The Balaban J connectivity index is 1.85. The molecule has 1 aliphatic rings. The van der Waals surface area contributed by atoms with Crippen LogP contribution in [-0.2, 0) is 6.42 Å².